The molecular formula is C29H37FO2. The van der Waals surface area contributed by atoms with Gasteiger partial charge in [-0.3, -0.25) is 0 Å². The highest BCUT2D eigenvalue weighted by Gasteiger charge is 2.63. The second-order valence-corrected chi connectivity index (χ2v) is 12.1. The van der Waals surface area contributed by atoms with E-state index in [4.69, 9.17) is 4.74 Å². The van der Waals surface area contributed by atoms with Crippen LogP contribution in [0.25, 0.3) is 6.08 Å². The van der Waals surface area contributed by atoms with Gasteiger partial charge in [0.15, 0.2) is 0 Å². The van der Waals surface area contributed by atoms with Gasteiger partial charge >= 0.3 is 5.97 Å². The molecule has 4 aliphatic rings. The maximum Gasteiger partial charge on any atom is 0.330 e. The van der Waals surface area contributed by atoms with E-state index in [1.165, 1.54) is 63.2 Å². The van der Waals surface area contributed by atoms with Crippen LogP contribution in [0.15, 0.2) is 42.5 Å². The summed E-state index contributed by atoms with van der Waals surface area (Å²) in [6.45, 7) is 7.87. The van der Waals surface area contributed by atoms with Gasteiger partial charge in [-0.15, -0.1) is 0 Å². The Labute approximate surface area is 192 Å². The minimum absolute atomic E-state index is 0.0387. The number of allylic oxidation sites excluding steroid dienone is 2. The molecule has 3 heteroatoms. The van der Waals surface area contributed by atoms with Crippen molar-refractivity contribution in [1.82, 2.24) is 0 Å². The van der Waals surface area contributed by atoms with Crippen molar-refractivity contribution >= 4 is 12.0 Å². The highest BCUT2D eigenvalue weighted by Crippen LogP contribution is 2.71. The zero-order valence-electron chi connectivity index (χ0n) is 19.8. The number of hydrogen-bond acceptors (Lipinski definition) is 2. The average Bonchev–Trinajstić information content (AvgIpc) is 3.00. The van der Waals surface area contributed by atoms with Crippen LogP contribution in [0.3, 0.4) is 0 Å². The molecule has 1 aromatic carbocycles. The first-order valence-corrected chi connectivity index (χ1v) is 12.5. The van der Waals surface area contributed by atoms with E-state index in [1.807, 2.05) is 0 Å². The fourth-order valence-electron chi connectivity index (χ4n) is 8.46. The number of benzene rings is 1. The van der Waals surface area contributed by atoms with Crippen molar-refractivity contribution in [2.45, 2.75) is 72.1 Å². The zero-order chi connectivity index (χ0) is 22.6. The number of rotatable bonds is 4. The zero-order valence-corrected chi connectivity index (χ0v) is 19.8. The summed E-state index contributed by atoms with van der Waals surface area (Å²) < 4.78 is 18.9. The van der Waals surface area contributed by atoms with Crippen molar-refractivity contribution in [3.63, 3.8) is 0 Å². The molecule has 1 aromatic rings. The summed E-state index contributed by atoms with van der Waals surface area (Å²) in [5.74, 6) is 0.783. The summed E-state index contributed by atoms with van der Waals surface area (Å²) in [5, 5.41) is 0. The van der Waals surface area contributed by atoms with Crippen molar-refractivity contribution in [2.24, 2.45) is 33.5 Å². The Bertz CT molecular complexity index is 948. The van der Waals surface area contributed by atoms with Crippen molar-refractivity contribution in [3.05, 3.63) is 53.9 Å². The summed E-state index contributed by atoms with van der Waals surface area (Å²) in [6, 6.07) is 6.13. The van der Waals surface area contributed by atoms with E-state index < -0.39 is 0 Å². The smallest absolute Gasteiger partial charge is 0.330 e. The van der Waals surface area contributed by atoms with Crippen LogP contribution in [-0.4, -0.2) is 12.6 Å². The Kier molecular flexibility index (Phi) is 5.18. The summed E-state index contributed by atoms with van der Waals surface area (Å²) in [6.07, 6.45) is 18.5. The standard InChI is InChI=1S/C29H37FO2/c1-26-15-11-24-28(3)14-4-13-27(2,23(28)12-16-29(24,19-26)18-17-26)20-32-25(31)10-7-21-5-8-22(30)9-6-21/h5-10,17-18,23-24H,4,11-16,19-20H2,1-3H3/b10-7+/t23-,24+,26-,27-,28-,29+/m1/s1. The highest BCUT2D eigenvalue weighted by atomic mass is 19.1. The van der Waals surface area contributed by atoms with E-state index in [2.05, 4.69) is 32.9 Å². The van der Waals surface area contributed by atoms with E-state index in [0.717, 1.165) is 17.9 Å². The number of halogens is 1. The van der Waals surface area contributed by atoms with Crippen LogP contribution in [-0.2, 0) is 9.53 Å². The monoisotopic (exact) mass is 436 g/mol. The van der Waals surface area contributed by atoms with Crippen LogP contribution in [0, 0.1) is 39.3 Å². The third-order valence-corrected chi connectivity index (χ3v) is 9.87. The molecule has 0 unspecified atom stereocenters. The SMILES string of the molecule is C[C@]12C=C[C@@]3(CC[C@@H]4[C@@](C)(COC(=O)/C=C/c5ccc(F)cc5)CCC[C@@]4(C)[C@@H]3CC1)C2. The summed E-state index contributed by atoms with van der Waals surface area (Å²) in [7, 11) is 0. The molecule has 32 heavy (non-hydrogen) atoms. The van der Waals surface area contributed by atoms with Gasteiger partial charge in [0.2, 0.25) is 0 Å². The van der Waals surface area contributed by atoms with Gasteiger partial charge in [-0.1, -0.05) is 51.5 Å². The summed E-state index contributed by atoms with van der Waals surface area (Å²) in [5.41, 5.74) is 2.00. The molecule has 5 rings (SSSR count). The minimum Gasteiger partial charge on any atom is -0.462 e. The van der Waals surface area contributed by atoms with Gasteiger partial charge in [0, 0.05) is 11.5 Å². The predicted molar refractivity (Wildman–Crippen MR) is 126 cm³/mol. The molecule has 4 aliphatic carbocycles. The van der Waals surface area contributed by atoms with Crippen LogP contribution >= 0.6 is 0 Å². The third-order valence-electron chi connectivity index (χ3n) is 9.87. The molecule has 3 saturated carbocycles. The lowest BCUT2D eigenvalue weighted by atomic mass is 9.40. The second kappa shape index (κ2) is 7.57. The number of fused-ring (bicyclic) bond motifs is 3. The first-order chi connectivity index (χ1) is 15.2. The molecular weight excluding hydrogens is 399 g/mol. The molecule has 0 amide bonds. The molecule has 0 saturated heterocycles. The first-order valence-electron chi connectivity index (χ1n) is 12.5. The van der Waals surface area contributed by atoms with Gasteiger partial charge < -0.3 is 4.74 Å². The van der Waals surface area contributed by atoms with Crippen molar-refractivity contribution in [2.75, 3.05) is 6.61 Å². The maximum atomic E-state index is 13.1. The largest absolute Gasteiger partial charge is 0.462 e. The van der Waals surface area contributed by atoms with E-state index in [9.17, 15) is 9.18 Å². The van der Waals surface area contributed by atoms with E-state index in [0.29, 0.717) is 28.8 Å². The number of hydrogen-bond donors (Lipinski definition) is 0. The van der Waals surface area contributed by atoms with E-state index in [1.54, 1.807) is 18.2 Å². The Morgan fingerprint density at radius 3 is 2.56 bits per heavy atom. The van der Waals surface area contributed by atoms with Gasteiger partial charge in [-0.2, -0.15) is 0 Å². The van der Waals surface area contributed by atoms with Crippen molar-refractivity contribution in [1.29, 1.82) is 0 Å². The average molecular weight is 437 g/mol. The summed E-state index contributed by atoms with van der Waals surface area (Å²) >= 11 is 0. The molecule has 0 aromatic heterocycles. The quantitative estimate of drug-likeness (QED) is 0.280. The Morgan fingerprint density at radius 2 is 1.78 bits per heavy atom. The normalized spacial score (nSPS) is 42.5. The van der Waals surface area contributed by atoms with Crippen molar-refractivity contribution < 1.29 is 13.9 Å². The molecule has 2 bridgehead atoms. The lowest BCUT2D eigenvalue weighted by molar-refractivity contribution is -0.168. The maximum absolute atomic E-state index is 13.1. The summed E-state index contributed by atoms with van der Waals surface area (Å²) in [4.78, 5) is 12.5. The van der Waals surface area contributed by atoms with Gasteiger partial charge in [-0.25, -0.2) is 9.18 Å². The molecule has 2 nitrogen and oxygen atoms in total. The van der Waals surface area contributed by atoms with Crippen LogP contribution in [0.1, 0.15) is 77.7 Å². The first kappa shape index (κ1) is 21.9. The Balaban J connectivity index is 1.29. The number of esters is 1. The van der Waals surface area contributed by atoms with Gasteiger partial charge in [0.25, 0.3) is 0 Å². The number of ether oxygens (including phenoxy) is 1. The molecule has 172 valence electrons. The molecule has 6 atom stereocenters. The second-order valence-electron chi connectivity index (χ2n) is 12.1. The van der Waals surface area contributed by atoms with Gasteiger partial charge in [0.05, 0.1) is 6.61 Å². The molecule has 0 heterocycles. The van der Waals surface area contributed by atoms with Gasteiger partial charge in [0.1, 0.15) is 5.82 Å². The van der Waals surface area contributed by atoms with E-state index in [-0.39, 0.29) is 17.2 Å². The fraction of sp³-hybridized carbons (Fsp3) is 0.621. The van der Waals surface area contributed by atoms with Crippen molar-refractivity contribution in [3.8, 4) is 0 Å². The number of carbonyl (C=O) groups excluding carboxylic acids is 1. The topological polar surface area (TPSA) is 26.3 Å². The molecule has 1 spiro atoms. The fourth-order valence-corrected chi connectivity index (χ4v) is 8.46. The van der Waals surface area contributed by atoms with Crippen LogP contribution in [0.5, 0.6) is 0 Å². The molecule has 0 radical (unpaired) electrons. The minimum atomic E-state index is -0.303. The van der Waals surface area contributed by atoms with Crippen LogP contribution < -0.4 is 0 Å². The molecule has 0 N–H and O–H groups in total. The third kappa shape index (κ3) is 3.56. The Morgan fingerprint density at radius 1 is 1.03 bits per heavy atom. The predicted octanol–water partition coefficient (Wildman–Crippen LogP) is 7.35. The van der Waals surface area contributed by atoms with E-state index >= 15 is 0 Å². The number of carbonyl (C=O) groups is 1. The lowest BCUT2D eigenvalue weighted by Gasteiger charge is -2.64. The molecule has 3 fully saturated rings. The van der Waals surface area contributed by atoms with Gasteiger partial charge in [-0.05, 0) is 96.8 Å². The van der Waals surface area contributed by atoms with Crippen LogP contribution in [0.4, 0.5) is 4.39 Å². The van der Waals surface area contributed by atoms with Crippen LogP contribution in [0.2, 0.25) is 0 Å². The highest BCUT2D eigenvalue weighted by molar-refractivity contribution is 5.87. The molecule has 0 aliphatic heterocycles. The lowest BCUT2D eigenvalue weighted by Crippen LogP contribution is -2.58. The Hall–Kier alpha value is -1.90.